The molecule has 0 saturated carbocycles. The van der Waals surface area contributed by atoms with Crippen molar-refractivity contribution < 1.29 is 4.79 Å². The number of Topliss-reactive ketones (excluding diaryl/α,β-unsaturated/α-hetero) is 1. The van der Waals surface area contributed by atoms with Gasteiger partial charge >= 0.3 is 0 Å². The molecule has 6 nitrogen and oxygen atoms in total. The normalized spacial score (nSPS) is 20.9. The summed E-state index contributed by atoms with van der Waals surface area (Å²) in [5.74, 6) is 5.55. The molecule has 14 heavy (non-hydrogen) atoms. The Labute approximate surface area is 80.3 Å². The molecule has 0 fully saturated rings. The minimum Gasteiger partial charge on any atom is -0.291 e. The van der Waals surface area contributed by atoms with Crippen molar-refractivity contribution in [3.05, 3.63) is 22.1 Å². The van der Waals surface area contributed by atoms with Crippen LogP contribution in [0.25, 0.3) is 0 Å². The van der Waals surface area contributed by atoms with Crippen molar-refractivity contribution in [1.82, 2.24) is 14.8 Å². The zero-order chi connectivity index (χ0) is 10.5. The van der Waals surface area contributed by atoms with E-state index in [9.17, 15) is 9.59 Å². The van der Waals surface area contributed by atoms with E-state index in [1.807, 2.05) is 13.8 Å². The molecule has 0 aromatic carbocycles. The average Bonchev–Trinajstić information content (AvgIpc) is 2.45. The zero-order valence-electron chi connectivity index (χ0n) is 8.07. The van der Waals surface area contributed by atoms with Gasteiger partial charge in [-0.15, -0.1) is 0 Å². The first kappa shape index (κ1) is 9.17. The van der Waals surface area contributed by atoms with E-state index in [-0.39, 0.29) is 17.9 Å². The van der Waals surface area contributed by atoms with Crippen LogP contribution in [-0.4, -0.2) is 27.1 Å². The maximum absolute atomic E-state index is 11.5. The van der Waals surface area contributed by atoms with Gasteiger partial charge in [-0.2, -0.15) is 0 Å². The fraction of sp³-hybridized carbons (Fsp3) is 0.500. The van der Waals surface area contributed by atoms with Gasteiger partial charge < -0.3 is 0 Å². The minimum atomic E-state index is -0.577. The van der Waals surface area contributed by atoms with Crippen LogP contribution in [0, 0.1) is 0 Å². The van der Waals surface area contributed by atoms with Crippen LogP contribution in [0.5, 0.6) is 0 Å². The molecular weight excluding hydrogens is 184 g/mol. The predicted molar refractivity (Wildman–Crippen MR) is 49.6 cm³/mol. The van der Waals surface area contributed by atoms with Crippen molar-refractivity contribution >= 4 is 5.78 Å². The maximum Gasteiger partial charge on any atom is 0.264 e. The lowest BCUT2D eigenvalue weighted by atomic mass is 10.1. The van der Waals surface area contributed by atoms with Crippen LogP contribution in [0.4, 0.5) is 0 Å². The number of nitrogens with zero attached hydrogens (tertiary/aromatic N) is 2. The lowest BCUT2D eigenvalue weighted by Crippen LogP contribution is -2.57. The number of nitrogens with one attached hydrogen (secondary N) is 1. The number of H-pyrrole nitrogens is 1. The third-order valence-corrected chi connectivity index (χ3v) is 2.58. The highest BCUT2D eigenvalue weighted by Crippen LogP contribution is 2.22. The Morgan fingerprint density at radius 1 is 1.50 bits per heavy atom. The number of nitrogens with two attached hydrogens (primary N) is 1. The Morgan fingerprint density at radius 3 is 2.79 bits per heavy atom. The van der Waals surface area contributed by atoms with Gasteiger partial charge in [-0.05, 0) is 13.8 Å². The summed E-state index contributed by atoms with van der Waals surface area (Å²) in [4.78, 5) is 22.6. The van der Waals surface area contributed by atoms with Crippen LogP contribution in [0.1, 0.15) is 24.3 Å². The number of aromatic amines is 1. The SMILES string of the molecule is CC1(C)N(N)CC(=O)c2cc(=O)[nH]n21. The molecular formula is C8H12N4O2. The van der Waals surface area contributed by atoms with Crippen LogP contribution in [0.2, 0.25) is 0 Å². The van der Waals surface area contributed by atoms with Crippen LogP contribution in [0.15, 0.2) is 10.9 Å². The first-order valence-electron chi connectivity index (χ1n) is 4.31. The van der Waals surface area contributed by atoms with Gasteiger partial charge in [0, 0.05) is 6.07 Å². The molecule has 0 aliphatic carbocycles. The monoisotopic (exact) mass is 196 g/mol. The lowest BCUT2D eigenvalue weighted by Gasteiger charge is -2.39. The number of hydrazine groups is 1. The average molecular weight is 196 g/mol. The van der Waals surface area contributed by atoms with E-state index in [0.29, 0.717) is 5.69 Å². The molecule has 0 amide bonds. The number of aromatic nitrogens is 2. The summed E-state index contributed by atoms with van der Waals surface area (Å²) in [6.07, 6.45) is 0. The maximum atomic E-state index is 11.5. The number of fused-ring (bicyclic) bond motifs is 1. The van der Waals surface area contributed by atoms with Crippen molar-refractivity contribution in [2.45, 2.75) is 19.5 Å². The predicted octanol–water partition coefficient (Wildman–Crippen LogP) is -0.759. The number of hydrogen-bond acceptors (Lipinski definition) is 4. The van der Waals surface area contributed by atoms with Crippen LogP contribution >= 0.6 is 0 Å². The van der Waals surface area contributed by atoms with E-state index in [1.54, 1.807) is 0 Å². The van der Waals surface area contributed by atoms with Crippen molar-refractivity contribution in [3.8, 4) is 0 Å². The fourth-order valence-corrected chi connectivity index (χ4v) is 1.59. The summed E-state index contributed by atoms with van der Waals surface area (Å²) in [7, 11) is 0. The van der Waals surface area contributed by atoms with Gasteiger partial charge in [-0.3, -0.25) is 25.2 Å². The molecule has 2 rings (SSSR count). The van der Waals surface area contributed by atoms with Gasteiger partial charge in [0.2, 0.25) is 0 Å². The minimum absolute atomic E-state index is 0.129. The summed E-state index contributed by atoms with van der Waals surface area (Å²) in [5, 5.41) is 3.97. The summed E-state index contributed by atoms with van der Waals surface area (Å²) in [6.45, 7) is 3.79. The molecule has 6 heteroatoms. The second-order valence-electron chi connectivity index (χ2n) is 3.89. The van der Waals surface area contributed by atoms with Gasteiger partial charge in [0.15, 0.2) is 5.78 Å². The Balaban J connectivity index is 2.68. The molecule has 76 valence electrons. The lowest BCUT2D eigenvalue weighted by molar-refractivity contribution is 0.0198. The zero-order valence-corrected chi connectivity index (χ0v) is 8.07. The van der Waals surface area contributed by atoms with Crippen molar-refractivity contribution in [2.24, 2.45) is 5.84 Å². The van der Waals surface area contributed by atoms with E-state index in [0.717, 1.165) is 0 Å². The van der Waals surface area contributed by atoms with Crippen molar-refractivity contribution in [1.29, 1.82) is 0 Å². The molecule has 2 heterocycles. The van der Waals surface area contributed by atoms with Gasteiger partial charge in [0.05, 0.1) is 6.54 Å². The van der Waals surface area contributed by atoms with E-state index in [2.05, 4.69) is 5.10 Å². The molecule has 0 bridgehead atoms. The van der Waals surface area contributed by atoms with E-state index < -0.39 is 5.66 Å². The Hall–Kier alpha value is -1.40. The quantitative estimate of drug-likeness (QED) is 0.534. The molecule has 3 N–H and O–H groups in total. The number of carbonyl (C=O) groups is 1. The molecule has 0 atom stereocenters. The van der Waals surface area contributed by atoms with Crippen molar-refractivity contribution in [3.63, 3.8) is 0 Å². The van der Waals surface area contributed by atoms with Crippen LogP contribution < -0.4 is 11.4 Å². The number of hydrogen-bond donors (Lipinski definition) is 2. The van der Waals surface area contributed by atoms with Crippen LogP contribution in [-0.2, 0) is 5.66 Å². The van der Waals surface area contributed by atoms with Crippen LogP contribution in [0.3, 0.4) is 0 Å². The Morgan fingerprint density at radius 2 is 2.14 bits per heavy atom. The van der Waals surface area contributed by atoms with E-state index >= 15 is 0 Å². The molecule has 1 aromatic heterocycles. The summed E-state index contributed by atoms with van der Waals surface area (Å²) >= 11 is 0. The number of ketones is 1. The molecule has 1 aliphatic heterocycles. The van der Waals surface area contributed by atoms with Crippen molar-refractivity contribution in [2.75, 3.05) is 6.54 Å². The summed E-state index contributed by atoms with van der Waals surface area (Å²) in [5.41, 5.74) is -0.468. The fourth-order valence-electron chi connectivity index (χ4n) is 1.59. The highest BCUT2D eigenvalue weighted by atomic mass is 16.1. The Bertz CT molecular complexity index is 442. The van der Waals surface area contributed by atoms with E-state index in [4.69, 9.17) is 5.84 Å². The molecule has 1 aromatic rings. The molecule has 0 radical (unpaired) electrons. The van der Waals surface area contributed by atoms with Gasteiger partial charge in [0.25, 0.3) is 5.56 Å². The number of rotatable bonds is 0. The first-order valence-corrected chi connectivity index (χ1v) is 4.31. The largest absolute Gasteiger partial charge is 0.291 e. The smallest absolute Gasteiger partial charge is 0.264 e. The van der Waals surface area contributed by atoms with Gasteiger partial charge in [0.1, 0.15) is 11.4 Å². The van der Waals surface area contributed by atoms with E-state index in [1.165, 1.54) is 15.8 Å². The molecule has 1 aliphatic rings. The molecule has 0 saturated heterocycles. The topological polar surface area (TPSA) is 84.1 Å². The first-order chi connectivity index (χ1) is 6.43. The summed E-state index contributed by atoms with van der Waals surface area (Å²) in [6, 6.07) is 1.30. The summed E-state index contributed by atoms with van der Waals surface area (Å²) < 4.78 is 1.50. The van der Waals surface area contributed by atoms with Gasteiger partial charge in [-0.25, -0.2) is 5.01 Å². The second kappa shape index (κ2) is 2.55. The Kier molecular flexibility index (Phi) is 1.67. The molecule has 0 spiro atoms. The van der Waals surface area contributed by atoms with Gasteiger partial charge in [-0.1, -0.05) is 0 Å². The third kappa shape index (κ3) is 1.04. The molecule has 0 unspecified atom stereocenters. The number of carbonyl (C=O) groups excluding carboxylic acids is 1. The third-order valence-electron chi connectivity index (χ3n) is 2.58. The highest BCUT2D eigenvalue weighted by molar-refractivity contribution is 5.96. The highest BCUT2D eigenvalue weighted by Gasteiger charge is 2.36. The second-order valence-corrected chi connectivity index (χ2v) is 3.89. The standard InChI is InChI=1S/C8H12N4O2/c1-8(2)11(9)4-6(13)5-3-7(14)10-12(5)8/h3H,4,9H2,1-2H3,(H,10,14).